The molecule has 0 fully saturated rings. The first kappa shape index (κ1) is 16.9. The molecule has 1 aromatic carbocycles. The average Bonchev–Trinajstić information content (AvgIpc) is 2.45. The quantitative estimate of drug-likeness (QED) is 0.702. The average molecular weight is 290 g/mol. The molecule has 1 amide bonds. The minimum absolute atomic E-state index is 0.0174. The largest absolute Gasteiger partial charge is 0.481 e. The zero-order chi connectivity index (χ0) is 15.7. The van der Waals surface area contributed by atoms with E-state index in [0.717, 1.165) is 5.56 Å². The number of carboxylic acid groups (broad SMARTS) is 1. The SMILES string of the molecule is C=CCN(CCC(=O)O)CC(=O)N(C)Cc1ccccc1. The van der Waals surface area contributed by atoms with E-state index in [2.05, 4.69) is 6.58 Å². The number of rotatable bonds is 9. The van der Waals surface area contributed by atoms with Gasteiger partial charge in [-0.15, -0.1) is 6.58 Å². The van der Waals surface area contributed by atoms with Crippen LogP contribution in [0.2, 0.25) is 0 Å². The summed E-state index contributed by atoms with van der Waals surface area (Å²) in [7, 11) is 1.75. The molecule has 0 saturated heterocycles. The van der Waals surface area contributed by atoms with Crippen LogP contribution in [0.3, 0.4) is 0 Å². The van der Waals surface area contributed by atoms with E-state index in [1.807, 2.05) is 30.3 Å². The van der Waals surface area contributed by atoms with Gasteiger partial charge in [-0.3, -0.25) is 14.5 Å². The van der Waals surface area contributed by atoms with Crippen molar-refractivity contribution in [2.75, 3.05) is 26.7 Å². The van der Waals surface area contributed by atoms with Crippen LogP contribution < -0.4 is 0 Å². The van der Waals surface area contributed by atoms with Crippen LogP contribution in [0.25, 0.3) is 0 Å². The number of carboxylic acids is 1. The van der Waals surface area contributed by atoms with Gasteiger partial charge in [-0.25, -0.2) is 0 Å². The van der Waals surface area contributed by atoms with E-state index in [1.54, 1.807) is 22.9 Å². The highest BCUT2D eigenvalue weighted by Gasteiger charge is 2.14. The summed E-state index contributed by atoms with van der Waals surface area (Å²) in [6.07, 6.45) is 1.69. The maximum Gasteiger partial charge on any atom is 0.304 e. The molecule has 5 nitrogen and oxygen atoms in total. The van der Waals surface area contributed by atoms with Crippen molar-refractivity contribution >= 4 is 11.9 Å². The third kappa shape index (κ3) is 6.72. The third-order valence-corrected chi connectivity index (χ3v) is 3.08. The van der Waals surface area contributed by atoms with Crippen molar-refractivity contribution in [1.82, 2.24) is 9.80 Å². The van der Waals surface area contributed by atoms with Crippen LogP contribution in [0, 0.1) is 0 Å². The zero-order valence-corrected chi connectivity index (χ0v) is 12.4. The van der Waals surface area contributed by atoms with E-state index in [9.17, 15) is 9.59 Å². The van der Waals surface area contributed by atoms with Gasteiger partial charge in [0, 0.05) is 26.7 Å². The third-order valence-electron chi connectivity index (χ3n) is 3.08. The van der Waals surface area contributed by atoms with Crippen LogP contribution in [0.4, 0.5) is 0 Å². The fourth-order valence-corrected chi connectivity index (χ4v) is 1.93. The van der Waals surface area contributed by atoms with Crippen LogP contribution in [-0.4, -0.2) is 53.5 Å². The molecule has 1 aromatic rings. The van der Waals surface area contributed by atoms with Gasteiger partial charge in [-0.2, -0.15) is 0 Å². The first-order chi connectivity index (χ1) is 10.0. The highest BCUT2D eigenvalue weighted by Crippen LogP contribution is 2.04. The Bertz CT molecular complexity index is 474. The Kier molecular flexibility index (Phi) is 7.18. The summed E-state index contributed by atoms with van der Waals surface area (Å²) >= 11 is 0. The molecular weight excluding hydrogens is 268 g/mol. The number of benzene rings is 1. The first-order valence-corrected chi connectivity index (χ1v) is 6.86. The second-order valence-electron chi connectivity index (χ2n) is 4.90. The van der Waals surface area contributed by atoms with Crippen LogP contribution in [0.15, 0.2) is 43.0 Å². The predicted octanol–water partition coefficient (Wildman–Crippen LogP) is 1.61. The highest BCUT2D eigenvalue weighted by atomic mass is 16.4. The zero-order valence-electron chi connectivity index (χ0n) is 12.4. The summed E-state index contributed by atoms with van der Waals surface area (Å²) in [5.74, 6) is -0.903. The molecule has 0 radical (unpaired) electrons. The lowest BCUT2D eigenvalue weighted by Gasteiger charge is -2.23. The minimum Gasteiger partial charge on any atom is -0.481 e. The van der Waals surface area contributed by atoms with Crippen LogP contribution in [0.1, 0.15) is 12.0 Å². The van der Waals surface area contributed by atoms with Crippen molar-refractivity contribution in [3.63, 3.8) is 0 Å². The van der Waals surface area contributed by atoms with Gasteiger partial charge in [-0.1, -0.05) is 36.4 Å². The van der Waals surface area contributed by atoms with Crippen LogP contribution in [0.5, 0.6) is 0 Å². The highest BCUT2D eigenvalue weighted by molar-refractivity contribution is 5.78. The summed E-state index contributed by atoms with van der Waals surface area (Å²) in [4.78, 5) is 26.2. The Hall–Kier alpha value is -2.14. The van der Waals surface area contributed by atoms with Gasteiger partial charge in [0.15, 0.2) is 0 Å². The molecule has 1 rings (SSSR count). The van der Waals surface area contributed by atoms with Gasteiger partial charge in [-0.05, 0) is 5.56 Å². The molecule has 0 atom stereocenters. The van der Waals surface area contributed by atoms with Crippen LogP contribution >= 0.6 is 0 Å². The normalized spacial score (nSPS) is 10.4. The molecule has 0 aliphatic carbocycles. The van der Waals surface area contributed by atoms with Crippen molar-refractivity contribution in [2.45, 2.75) is 13.0 Å². The lowest BCUT2D eigenvalue weighted by atomic mass is 10.2. The molecule has 1 N–H and O–H groups in total. The molecule has 0 spiro atoms. The molecule has 114 valence electrons. The Morgan fingerprint density at radius 2 is 1.95 bits per heavy atom. The monoisotopic (exact) mass is 290 g/mol. The van der Waals surface area contributed by atoms with E-state index in [1.165, 1.54) is 0 Å². The molecule has 5 heteroatoms. The predicted molar refractivity (Wildman–Crippen MR) is 81.8 cm³/mol. The fraction of sp³-hybridized carbons (Fsp3) is 0.375. The molecule has 0 unspecified atom stereocenters. The van der Waals surface area contributed by atoms with Crippen molar-refractivity contribution in [2.24, 2.45) is 0 Å². The fourth-order valence-electron chi connectivity index (χ4n) is 1.93. The maximum atomic E-state index is 12.2. The van der Waals surface area contributed by atoms with Crippen molar-refractivity contribution in [3.8, 4) is 0 Å². The summed E-state index contributed by atoms with van der Waals surface area (Å²) in [5, 5.41) is 8.72. The first-order valence-electron chi connectivity index (χ1n) is 6.86. The van der Waals surface area contributed by atoms with Gasteiger partial charge < -0.3 is 10.0 Å². The molecule has 0 aromatic heterocycles. The van der Waals surface area contributed by atoms with Crippen molar-refractivity contribution in [1.29, 1.82) is 0 Å². The summed E-state index contributed by atoms with van der Waals surface area (Å²) < 4.78 is 0. The number of carbonyl (C=O) groups excluding carboxylic acids is 1. The van der Waals surface area contributed by atoms with E-state index in [0.29, 0.717) is 19.6 Å². The summed E-state index contributed by atoms with van der Waals surface area (Å²) in [6, 6.07) is 9.74. The smallest absolute Gasteiger partial charge is 0.304 e. The molecule has 0 saturated carbocycles. The Morgan fingerprint density at radius 3 is 2.52 bits per heavy atom. The molecular formula is C16H22N2O3. The number of likely N-dealkylation sites (N-methyl/N-ethyl adjacent to an activating group) is 1. The topological polar surface area (TPSA) is 60.9 Å². The molecule has 0 aliphatic heterocycles. The second kappa shape index (κ2) is 8.92. The summed E-state index contributed by atoms with van der Waals surface area (Å²) in [5.41, 5.74) is 1.06. The minimum atomic E-state index is -0.867. The van der Waals surface area contributed by atoms with E-state index >= 15 is 0 Å². The standard InChI is InChI=1S/C16H22N2O3/c1-3-10-18(11-9-16(20)21)13-15(19)17(2)12-14-7-5-4-6-8-14/h3-8H,1,9-13H2,2H3,(H,20,21). The van der Waals surface area contributed by atoms with Crippen molar-refractivity contribution < 1.29 is 14.7 Å². The number of hydrogen-bond donors (Lipinski definition) is 1. The maximum absolute atomic E-state index is 12.2. The molecule has 0 heterocycles. The Balaban J connectivity index is 2.51. The lowest BCUT2D eigenvalue weighted by molar-refractivity contribution is -0.138. The van der Waals surface area contributed by atoms with Gasteiger partial charge in [0.05, 0.1) is 13.0 Å². The number of carbonyl (C=O) groups is 2. The number of amides is 1. The number of hydrogen-bond acceptors (Lipinski definition) is 3. The van der Waals surface area contributed by atoms with Gasteiger partial charge in [0.2, 0.25) is 5.91 Å². The van der Waals surface area contributed by atoms with Gasteiger partial charge in [0.1, 0.15) is 0 Å². The molecule has 0 aliphatic rings. The van der Waals surface area contributed by atoms with Gasteiger partial charge >= 0.3 is 5.97 Å². The van der Waals surface area contributed by atoms with Crippen LogP contribution in [-0.2, 0) is 16.1 Å². The van der Waals surface area contributed by atoms with Gasteiger partial charge in [0.25, 0.3) is 0 Å². The Labute approximate surface area is 125 Å². The summed E-state index contributed by atoms with van der Waals surface area (Å²) in [6.45, 7) is 5.21. The van der Waals surface area contributed by atoms with E-state index in [-0.39, 0.29) is 18.9 Å². The van der Waals surface area contributed by atoms with E-state index in [4.69, 9.17) is 5.11 Å². The number of nitrogens with zero attached hydrogens (tertiary/aromatic N) is 2. The number of aliphatic carboxylic acids is 1. The Morgan fingerprint density at radius 1 is 1.29 bits per heavy atom. The lowest BCUT2D eigenvalue weighted by Crippen LogP contribution is -2.39. The molecule has 0 bridgehead atoms. The van der Waals surface area contributed by atoms with Crippen molar-refractivity contribution in [3.05, 3.63) is 48.6 Å². The van der Waals surface area contributed by atoms with E-state index < -0.39 is 5.97 Å². The second-order valence-corrected chi connectivity index (χ2v) is 4.90. The molecule has 21 heavy (non-hydrogen) atoms.